The van der Waals surface area contributed by atoms with Gasteiger partial charge < -0.3 is 10.6 Å². The molecule has 0 unspecified atom stereocenters. The summed E-state index contributed by atoms with van der Waals surface area (Å²) in [7, 11) is 1.57. The minimum atomic E-state index is -0.371. The average molecular weight is 297 g/mol. The Bertz CT molecular complexity index is 594. The van der Waals surface area contributed by atoms with E-state index in [-0.39, 0.29) is 18.3 Å². The quantitative estimate of drug-likeness (QED) is 0.887. The first-order valence-corrected chi connectivity index (χ1v) is 6.36. The highest BCUT2D eigenvalue weighted by Crippen LogP contribution is 2.15. The summed E-state index contributed by atoms with van der Waals surface area (Å²) in [4.78, 5) is 11.2. The first kappa shape index (κ1) is 14.3. The standard InChI is InChI=1S/C13H14ClFN4O/c1-16-13(20)8-19-7-12(6-18-19)17-5-9-2-10(14)4-11(15)3-9/h2-4,6-7,17H,5,8H2,1H3,(H,16,20). The molecule has 5 nitrogen and oxygen atoms in total. The van der Waals surface area contributed by atoms with E-state index in [2.05, 4.69) is 15.7 Å². The maximum absolute atomic E-state index is 13.2. The normalized spacial score (nSPS) is 10.3. The maximum Gasteiger partial charge on any atom is 0.241 e. The van der Waals surface area contributed by atoms with Gasteiger partial charge >= 0.3 is 0 Å². The fourth-order valence-corrected chi connectivity index (χ4v) is 1.93. The molecule has 0 saturated carbocycles. The van der Waals surface area contributed by atoms with Crippen LogP contribution in [0.3, 0.4) is 0 Å². The van der Waals surface area contributed by atoms with Crippen molar-refractivity contribution >= 4 is 23.2 Å². The van der Waals surface area contributed by atoms with Gasteiger partial charge in [0.25, 0.3) is 0 Å². The van der Waals surface area contributed by atoms with Crippen molar-refractivity contribution in [1.82, 2.24) is 15.1 Å². The topological polar surface area (TPSA) is 59.0 Å². The molecule has 1 amide bonds. The Morgan fingerprint density at radius 1 is 1.45 bits per heavy atom. The van der Waals surface area contributed by atoms with Gasteiger partial charge in [0.15, 0.2) is 0 Å². The predicted octanol–water partition coefficient (Wildman–Crippen LogP) is 2.03. The Balaban J connectivity index is 1.95. The summed E-state index contributed by atoms with van der Waals surface area (Å²) < 4.78 is 14.7. The van der Waals surface area contributed by atoms with Gasteiger partial charge in [-0.25, -0.2) is 4.39 Å². The first-order chi connectivity index (χ1) is 9.56. The number of benzene rings is 1. The van der Waals surface area contributed by atoms with Crippen LogP contribution in [0.25, 0.3) is 0 Å². The molecule has 0 spiro atoms. The Morgan fingerprint density at radius 3 is 2.95 bits per heavy atom. The van der Waals surface area contributed by atoms with Crippen molar-refractivity contribution in [3.05, 3.63) is 47.0 Å². The molecule has 0 saturated heterocycles. The molecule has 1 aromatic heterocycles. The summed E-state index contributed by atoms with van der Waals surface area (Å²) in [5, 5.41) is 10.0. The van der Waals surface area contributed by atoms with Crippen LogP contribution in [0.5, 0.6) is 0 Å². The van der Waals surface area contributed by atoms with Crippen LogP contribution in [0.4, 0.5) is 10.1 Å². The van der Waals surface area contributed by atoms with Crippen LogP contribution < -0.4 is 10.6 Å². The van der Waals surface area contributed by atoms with E-state index in [0.717, 1.165) is 11.3 Å². The first-order valence-electron chi connectivity index (χ1n) is 5.98. The van der Waals surface area contributed by atoms with E-state index in [1.165, 1.54) is 16.8 Å². The lowest BCUT2D eigenvalue weighted by Crippen LogP contribution is -2.23. The zero-order chi connectivity index (χ0) is 14.5. The van der Waals surface area contributed by atoms with Gasteiger partial charge in [0.2, 0.25) is 5.91 Å². The molecule has 0 radical (unpaired) electrons. The molecule has 20 heavy (non-hydrogen) atoms. The number of anilines is 1. The highest BCUT2D eigenvalue weighted by Gasteiger charge is 2.04. The molecule has 2 aromatic rings. The Morgan fingerprint density at radius 2 is 2.25 bits per heavy atom. The molecular weight excluding hydrogens is 283 g/mol. The van der Waals surface area contributed by atoms with Crippen molar-refractivity contribution in [3.63, 3.8) is 0 Å². The van der Waals surface area contributed by atoms with E-state index < -0.39 is 0 Å². The molecule has 2 N–H and O–H groups in total. The number of hydrogen-bond acceptors (Lipinski definition) is 3. The lowest BCUT2D eigenvalue weighted by atomic mass is 10.2. The number of nitrogens with zero attached hydrogens (tertiary/aromatic N) is 2. The van der Waals surface area contributed by atoms with E-state index in [9.17, 15) is 9.18 Å². The lowest BCUT2D eigenvalue weighted by molar-refractivity contribution is -0.121. The number of halogens is 2. The molecule has 2 rings (SSSR count). The van der Waals surface area contributed by atoms with Crippen molar-refractivity contribution in [3.8, 4) is 0 Å². The molecule has 1 aromatic carbocycles. The van der Waals surface area contributed by atoms with Crippen molar-refractivity contribution in [2.24, 2.45) is 0 Å². The lowest BCUT2D eigenvalue weighted by Gasteiger charge is -2.04. The summed E-state index contributed by atoms with van der Waals surface area (Å²) in [6.45, 7) is 0.577. The highest BCUT2D eigenvalue weighted by atomic mass is 35.5. The van der Waals surface area contributed by atoms with Crippen LogP contribution in [-0.2, 0) is 17.9 Å². The third-order valence-corrected chi connectivity index (χ3v) is 2.85. The van der Waals surface area contributed by atoms with Gasteiger partial charge in [0.05, 0.1) is 11.9 Å². The van der Waals surface area contributed by atoms with Gasteiger partial charge in [0.1, 0.15) is 12.4 Å². The largest absolute Gasteiger partial charge is 0.378 e. The van der Waals surface area contributed by atoms with Crippen LogP contribution in [-0.4, -0.2) is 22.7 Å². The molecule has 0 atom stereocenters. The Labute approximate surface area is 120 Å². The molecule has 0 aliphatic rings. The summed E-state index contributed by atoms with van der Waals surface area (Å²) in [5.41, 5.74) is 1.48. The van der Waals surface area contributed by atoms with E-state index in [0.29, 0.717) is 11.6 Å². The molecule has 0 aliphatic carbocycles. The van der Waals surface area contributed by atoms with Crippen LogP contribution in [0, 0.1) is 5.82 Å². The number of amides is 1. The van der Waals surface area contributed by atoms with Crippen LogP contribution in [0.1, 0.15) is 5.56 Å². The number of hydrogen-bond donors (Lipinski definition) is 2. The van der Waals surface area contributed by atoms with E-state index in [4.69, 9.17) is 11.6 Å². The Kier molecular flexibility index (Phi) is 4.57. The van der Waals surface area contributed by atoms with Crippen molar-refractivity contribution in [2.45, 2.75) is 13.1 Å². The molecule has 1 heterocycles. The van der Waals surface area contributed by atoms with Crippen molar-refractivity contribution < 1.29 is 9.18 Å². The minimum Gasteiger partial charge on any atom is -0.378 e. The Hall–Kier alpha value is -2.08. The average Bonchev–Trinajstić information content (AvgIpc) is 2.83. The molecule has 0 bridgehead atoms. The number of rotatable bonds is 5. The number of aromatic nitrogens is 2. The fourth-order valence-electron chi connectivity index (χ4n) is 1.68. The third kappa shape index (κ3) is 3.96. The van der Waals surface area contributed by atoms with Gasteiger partial charge in [-0.3, -0.25) is 9.48 Å². The summed E-state index contributed by atoms with van der Waals surface area (Å²) in [5.74, 6) is -0.499. The van der Waals surface area contributed by atoms with Crippen LogP contribution >= 0.6 is 11.6 Å². The van der Waals surface area contributed by atoms with Gasteiger partial charge in [-0.1, -0.05) is 11.6 Å². The monoisotopic (exact) mass is 296 g/mol. The van der Waals surface area contributed by atoms with E-state index >= 15 is 0 Å². The molecular formula is C13H14ClFN4O. The molecule has 7 heteroatoms. The SMILES string of the molecule is CNC(=O)Cn1cc(NCc2cc(F)cc(Cl)c2)cn1. The van der Waals surface area contributed by atoms with Gasteiger partial charge in [-0.15, -0.1) is 0 Å². The predicted molar refractivity (Wildman–Crippen MR) is 75.0 cm³/mol. The summed E-state index contributed by atoms with van der Waals surface area (Å²) in [6, 6.07) is 4.35. The fraction of sp³-hybridized carbons (Fsp3) is 0.231. The van der Waals surface area contributed by atoms with E-state index in [1.807, 2.05) is 0 Å². The van der Waals surface area contributed by atoms with Gasteiger partial charge in [-0.05, 0) is 23.8 Å². The highest BCUT2D eigenvalue weighted by molar-refractivity contribution is 6.30. The minimum absolute atomic E-state index is 0.128. The van der Waals surface area contributed by atoms with Gasteiger partial charge in [-0.2, -0.15) is 5.10 Å². The number of carbonyl (C=O) groups is 1. The smallest absolute Gasteiger partial charge is 0.241 e. The summed E-state index contributed by atoms with van der Waals surface area (Å²) >= 11 is 5.78. The molecule has 0 fully saturated rings. The zero-order valence-corrected chi connectivity index (χ0v) is 11.6. The van der Waals surface area contributed by atoms with E-state index in [1.54, 1.807) is 25.5 Å². The zero-order valence-electron chi connectivity index (χ0n) is 10.9. The molecule has 0 aliphatic heterocycles. The van der Waals surface area contributed by atoms with Crippen LogP contribution in [0.15, 0.2) is 30.6 Å². The second-order valence-electron chi connectivity index (χ2n) is 4.23. The van der Waals surface area contributed by atoms with Crippen molar-refractivity contribution in [1.29, 1.82) is 0 Å². The number of nitrogens with one attached hydrogen (secondary N) is 2. The van der Waals surface area contributed by atoms with Crippen molar-refractivity contribution in [2.75, 3.05) is 12.4 Å². The van der Waals surface area contributed by atoms with Gasteiger partial charge in [0, 0.05) is 24.8 Å². The summed E-state index contributed by atoms with van der Waals surface area (Å²) in [6.07, 6.45) is 3.31. The second kappa shape index (κ2) is 6.38. The molecule has 106 valence electrons. The maximum atomic E-state index is 13.2. The number of carbonyl (C=O) groups excluding carboxylic acids is 1. The third-order valence-electron chi connectivity index (χ3n) is 2.64. The second-order valence-corrected chi connectivity index (χ2v) is 4.67. The van der Waals surface area contributed by atoms with Crippen LogP contribution in [0.2, 0.25) is 5.02 Å². The number of likely N-dealkylation sites (N-methyl/N-ethyl adjacent to an activating group) is 1.